The molecule has 0 saturated heterocycles. The fraction of sp³-hybridized carbons (Fsp3) is 0.333. The van der Waals surface area contributed by atoms with Crippen LogP contribution in [0.15, 0.2) is 30.5 Å². The fourth-order valence-electron chi connectivity index (χ4n) is 1.63. The van der Waals surface area contributed by atoms with Crippen LogP contribution in [0, 0.1) is 0 Å². The smallest absolute Gasteiger partial charge is 0.0456 e. The van der Waals surface area contributed by atoms with Gasteiger partial charge in [0, 0.05) is 27.8 Å². The minimum Gasteiger partial charge on any atom is -0.361 e. The third-order valence-electron chi connectivity index (χ3n) is 2.39. The predicted molar refractivity (Wildman–Crippen MR) is 60.6 cm³/mol. The van der Waals surface area contributed by atoms with Crippen LogP contribution in [0.3, 0.4) is 0 Å². The summed E-state index contributed by atoms with van der Waals surface area (Å²) in [5.74, 6) is 0. The number of hydrogen-bond donors (Lipinski definition) is 1. The molecule has 0 aliphatic carbocycles. The molecule has 1 heterocycles. The number of nitrogens with one attached hydrogen (secondary N) is 1. The highest BCUT2D eigenvalue weighted by Crippen LogP contribution is 2.17. The van der Waals surface area contributed by atoms with E-state index in [1.165, 1.54) is 10.3 Å². The number of benzene rings is 1. The molecule has 2 rings (SSSR count). The summed E-state index contributed by atoms with van der Waals surface area (Å²) >= 11 is 0. The number of H-pyrrole nitrogens is 1. The molecule has 2 aromatic rings. The van der Waals surface area contributed by atoms with Crippen molar-refractivity contribution in [3.8, 4) is 0 Å². The van der Waals surface area contributed by atoms with Crippen LogP contribution in [0.5, 0.6) is 0 Å². The van der Waals surface area contributed by atoms with Crippen molar-refractivity contribution < 1.29 is 4.11 Å². The lowest BCUT2D eigenvalue weighted by atomic mass is 10.1. The molecule has 0 spiro atoms. The molecule has 1 aromatic carbocycles. The highest BCUT2D eigenvalue weighted by Gasteiger charge is 2.02. The monoisotopic (exact) mass is 191 g/mol. The van der Waals surface area contributed by atoms with Crippen LogP contribution < -0.4 is 0 Å². The molecular formula is C12H16N2. The van der Waals surface area contributed by atoms with E-state index in [0.717, 1.165) is 17.5 Å². The van der Waals surface area contributed by atoms with Crippen molar-refractivity contribution in [1.29, 1.82) is 0 Å². The van der Waals surface area contributed by atoms with Crippen molar-refractivity contribution >= 4 is 10.9 Å². The zero-order valence-corrected chi connectivity index (χ0v) is 8.25. The van der Waals surface area contributed by atoms with Crippen LogP contribution in [-0.4, -0.2) is 30.5 Å². The second-order valence-electron chi connectivity index (χ2n) is 3.53. The largest absolute Gasteiger partial charge is 0.361 e. The Morgan fingerprint density at radius 2 is 2.29 bits per heavy atom. The second-order valence-corrected chi connectivity index (χ2v) is 3.53. The van der Waals surface area contributed by atoms with Gasteiger partial charge in [-0.15, -0.1) is 0 Å². The van der Waals surface area contributed by atoms with Gasteiger partial charge in [-0.25, -0.2) is 0 Å². The SMILES string of the molecule is [2H]C([2H])([2H])N(C)CCc1c[nH]c2ccccc12. The zero-order valence-electron chi connectivity index (χ0n) is 11.2. The van der Waals surface area contributed by atoms with E-state index in [2.05, 4.69) is 11.1 Å². The number of hydrogen-bond acceptors (Lipinski definition) is 1. The topological polar surface area (TPSA) is 19.0 Å². The Morgan fingerprint density at radius 1 is 1.43 bits per heavy atom. The van der Waals surface area contributed by atoms with Crippen LogP contribution in [0.1, 0.15) is 9.68 Å². The van der Waals surface area contributed by atoms with E-state index < -0.39 is 6.98 Å². The summed E-state index contributed by atoms with van der Waals surface area (Å²) in [4.78, 5) is 4.59. The Kier molecular flexibility index (Phi) is 1.72. The lowest BCUT2D eigenvalue weighted by Crippen LogP contribution is -2.14. The average Bonchev–Trinajstić information content (AvgIpc) is 2.68. The van der Waals surface area contributed by atoms with Gasteiger partial charge in [0.1, 0.15) is 0 Å². The number of nitrogens with zero attached hydrogens (tertiary/aromatic N) is 1. The summed E-state index contributed by atoms with van der Waals surface area (Å²) in [6, 6.07) is 8.05. The van der Waals surface area contributed by atoms with E-state index in [1.807, 2.05) is 24.4 Å². The van der Waals surface area contributed by atoms with E-state index in [4.69, 9.17) is 4.11 Å². The summed E-state index contributed by atoms with van der Waals surface area (Å²) in [7, 11) is 1.63. The summed E-state index contributed by atoms with van der Waals surface area (Å²) in [5.41, 5.74) is 2.26. The highest BCUT2D eigenvalue weighted by atomic mass is 15.0. The number of likely N-dealkylation sites (N-methyl/N-ethyl adjacent to an activating group) is 1. The molecule has 0 saturated carbocycles. The molecule has 0 amide bonds. The summed E-state index contributed by atoms with van der Waals surface area (Å²) < 4.78 is 21.8. The molecular weight excluding hydrogens is 172 g/mol. The van der Waals surface area contributed by atoms with Gasteiger partial charge in [0.2, 0.25) is 0 Å². The molecule has 0 aliphatic rings. The summed E-state index contributed by atoms with van der Waals surface area (Å²) in [6.45, 7) is -1.48. The summed E-state index contributed by atoms with van der Waals surface area (Å²) in [5, 5.41) is 1.17. The number of aromatic amines is 1. The first kappa shape index (κ1) is 6.25. The lowest BCUT2D eigenvalue weighted by Gasteiger charge is -2.07. The van der Waals surface area contributed by atoms with E-state index in [0.29, 0.717) is 6.54 Å². The van der Waals surface area contributed by atoms with Crippen molar-refractivity contribution in [3.63, 3.8) is 0 Å². The Bertz CT molecular complexity index is 502. The zero-order chi connectivity index (χ0) is 12.5. The van der Waals surface area contributed by atoms with Crippen LogP contribution in [0.4, 0.5) is 0 Å². The number of aromatic nitrogens is 1. The molecule has 0 bridgehead atoms. The lowest BCUT2D eigenvalue weighted by molar-refractivity contribution is 0.414. The molecule has 0 aliphatic heterocycles. The van der Waals surface area contributed by atoms with E-state index >= 15 is 0 Å². The minimum absolute atomic E-state index is 0.526. The van der Waals surface area contributed by atoms with Gasteiger partial charge >= 0.3 is 0 Å². The van der Waals surface area contributed by atoms with Gasteiger partial charge in [-0.1, -0.05) is 18.2 Å². The van der Waals surface area contributed by atoms with Gasteiger partial charge in [0.05, 0.1) is 0 Å². The Labute approximate surface area is 88.8 Å². The molecule has 0 fully saturated rings. The fourth-order valence-corrected chi connectivity index (χ4v) is 1.63. The predicted octanol–water partition coefficient (Wildman–Crippen LogP) is 2.27. The first-order valence-corrected chi connectivity index (χ1v) is 4.75. The number of para-hydroxylation sites is 1. The van der Waals surface area contributed by atoms with Crippen molar-refractivity contribution in [2.45, 2.75) is 6.42 Å². The quantitative estimate of drug-likeness (QED) is 0.788. The van der Waals surface area contributed by atoms with Crippen LogP contribution in [0.2, 0.25) is 0 Å². The summed E-state index contributed by atoms with van der Waals surface area (Å²) in [6.07, 6.45) is 2.69. The average molecular weight is 191 g/mol. The third kappa shape index (κ3) is 1.80. The van der Waals surface area contributed by atoms with E-state index in [1.54, 1.807) is 7.05 Å². The van der Waals surface area contributed by atoms with E-state index in [-0.39, 0.29) is 0 Å². The number of fused-ring (bicyclic) bond motifs is 1. The first-order valence-electron chi connectivity index (χ1n) is 6.25. The van der Waals surface area contributed by atoms with Gasteiger partial charge in [0.15, 0.2) is 0 Å². The molecule has 2 nitrogen and oxygen atoms in total. The molecule has 1 aromatic heterocycles. The Hall–Kier alpha value is -1.28. The van der Waals surface area contributed by atoms with Crippen molar-refractivity contribution in [2.24, 2.45) is 0 Å². The minimum atomic E-state index is -2.01. The van der Waals surface area contributed by atoms with Gasteiger partial charge in [-0.3, -0.25) is 0 Å². The molecule has 74 valence electrons. The maximum absolute atomic E-state index is 7.28. The normalized spacial score (nSPS) is 15.4. The van der Waals surface area contributed by atoms with Crippen molar-refractivity contribution in [3.05, 3.63) is 36.0 Å². The van der Waals surface area contributed by atoms with E-state index in [9.17, 15) is 0 Å². The van der Waals surface area contributed by atoms with Gasteiger partial charge < -0.3 is 9.88 Å². The number of rotatable bonds is 3. The molecule has 1 N–H and O–H groups in total. The molecule has 0 unspecified atom stereocenters. The van der Waals surface area contributed by atoms with Crippen LogP contribution >= 0.6 is 0 Å². The second kappa shape index (κ2) is 3.84. The maximum atomic E-state index is 7.28. The Morgan fingerprint density at radius 3 is 3.14 bits per heavy atom. The molecule has 0 atom stereocenters. The molecule has 2 heteroatoms. The highest BCUT2D eigenvalue weighted by molar-refractivity contribution is 5.83. The van der Waals surface area contributed by atoms with Crippen LogP contribution in [0.25, 0.3) is 10.9 Å². The van der Waals surface area contributed by atoms with Gasteiger partial charge in [-0.2, -0.15) is 0 Å². The van der Waals surface area contributed by atoms with Gasteiger partial charge in [-0.05, 0) is 32.1 Å². The first-order chi connectivity index (χ1) is 7.98. The van der Waals surface area contributed by atoms with Crippen molar-refractivity contribution in [2.75, 3.05) is 20.6 Å². The standard InChI is InChI=1S/C12H16N2/c1-14(2)8-7-10-9-13-12-6-4-3-5-11(10)12/h3-6,9,13H,7-8H2,1-2H3/i1D3. The molecule has 14 heavy (non-hydrogen) atoms. The van der Waals surface area contributed by atoms with Crippen molar-refractivity contribution in [1.82, 2.24) is 9.88 Å². The van der Waals surface area contributed by atoms with Gasteiger partial charge in [0.25, 0.3) is 0 Å². The van der Waals surface area contributed by atoms with Crippen LogP contribution in [-0.2, 0) is 6.42 Å². The third-order valence-corrected chi connectivity index (χ3v) is 2.39. The Balaban J connectivity index is 2.09. The maximum Gasteiger partial charge on any atom is 0.0456 e. The molecule has 0 radical (unpaired) electrons.